The van der Waals surface area contributed by atoms with Crippen LogP contribution in [0.15, 0.2) is 46.9 Å². The number of aromatic nitrogens is 1. The molecule has 1 aromatic heterocycles. The van der Waals surface area contributed by atoms with E-state index in [0.29, 0.717) is 10.7 Å². The van der Waals surface area contributed by atoms with Crippen LogP contribution in [-0.4, -0.2) is 23.4 Å². The lowest BCUT2D eigenvalue weighted by atomic mass is 10.0. The predicted molar refractivity (Wildman–Crippen MR) is 103 cm³/mol. The Morgan fingerprint density at radius 3 is 2.72 bits per heavy atom. The molecule has 2 N–H and O–H groups in total. The Kier molecular flexibility index (Phi) is 5.00. The first-order chi connectivity index (χ1) is 12.1. The van der Waals surface area contributed by atoms with Gasteiger partial charge in [0.2, 0.25) is 5.13 Å². The molecule has 0 aliphatic heterocycles. The molecular formula is C19H19N3O2S. The van der Waals surface area contributed by atoms with Gasteiger partial charge in [-0.25, -0.2) is 4.98 Å². The summed E-state index contributed by atoms with van der Waals surface area (Å²) in [5.41, 5.74) is 7.23. The van der Waals surface area contributed by atoms with Crippen molar-refractivity contribution >= 4 is 22.7 Å². The molecule has 0 radical (unpaired) electrons. The number of hydrogen-bond donors (Lipinski definition) is 2. The van der Waals surface area contributed by atoms with Gasteiger partial charge < -0.3 is 9.84 Å². The molecule has 1 heterocycles. The molecule has 6 heteroatoms. The molecule has 0 spiro atoms. The summed E-state index contributed by atoms with van der Waals surface area (Å²) in [5, 5.41) is 17.0. The lowest BCUT2D eigenvalue weighted by Gasteiger charge is -2.12. The minimum atomic E-state index is 0.172. The molecule has 128 valence electrons. The van der Waals surface area contributed by atoms with Gasteiger partial charge in [-0.15, -0.1) is 11.3 Å². The lowest BCUT2D eigenvalue weighted by molar-refractivity contribution is 0.405. The van der Waals surface area contributed by atoms with Gasteiger partial charge >= 0.3 is 0 Å². The second-order valence-corrected chi connectivity index (χ2v) is 6.42. The van der Waals surface area contributed by atoms with Crippen molar-refractivity contribution in [2.45, 2.75) is 13.8 Å². The second kappa shape index (κ2) is 7.36. The average Bonchev–Trinajstić information content (AvgIpc) is 3.08. The van der Waals surface area contributed by atoms with E-state index in [1.165, 1.54) is 11.3 Å². The summed E-state index contributed by atoms with van der Waals surface area (Å²) in [6.07, 6.45) is 1.58. The molecular weight excluding hydrogens is 334 g/mol. The van der Waals surface area contributed by atoms with Crippen LogP contribution in [0.4, 0.5) is 5.13 Å². The maximum absolute atomic E-state index is 10.2. The van der Waals surface area contributed by atoms with Gasteiger partial charge in [-0.2, -0.15) is 5.10 Å². The fourth-order valence-corrected chi connectivity index (χ4v) is 3.32. The number of aromatic hydroxyl groups is 1. The number of phenols is 1. The van der Waals surface area contributed by atoms with Gasteiger partial charge in [0, 0.05) is 22.1 Å². The highest BCUT2D eigenvalue weighted by Crippen LogP contribution is 2.31. The molecule has 3 aromatic rings. The van der Waals surface area contributed by atoms with Crippen molar-refractivity contribution in [3.63, 3.8) is 0 Å². The second-order valence-electron chi connectivity index (χ2n) is 5.56. The van der Waals surface area contributed by atoms with E-state index in [0.717, 1.165) is 28.1 Å². The number of nitrogens with one attached hydrogen (secondary N) is 1. The summed E-state index contributed by atoms with van der Waals surface area (Å²) in [6, 6.07) is 11.6. The van der Waals surface area contributed by atoms with Gasteiger partial charge in [-0.3, -0.25) is 5.43 Å². The third-order valence-corrected chi connectivity index (χ3v) is 4.61. The van der Waals surface area contributed by atoms with Crippen molar-refractivity contribution in [3.8, 4) is 22.8 Å². The molecule has 25 heavy (non-hydrogen) atoms. The largest absolute Gasteiger partial charge is 0.507 e. The molecule has 0 aliphatic rings. The number of nitrogens with zero attached hydrogens (tertiary/aromatic N) is 2. The van der Waals surface area contributed by atoms with Crippen molar-refractivity contribution in [1.82, 2.24) is 4.98 Å². The Labute approximate surface area is 150 Å². The van der Waals surface area contributed by atoms with Crippen LogP contribution in [0.5, 0.6) is 11.5 Å². The van der Waals surface area contributed by atoms with Crippen LogP contribution in [0.25, 0.3) is 11.3 Å². The molecule has 5 nitrogen and oxygen atoms in total. The summed E-state index contributed by atoms with van der Waals surface area (Å²) < 4.78 is 5.38. The number of thiazole rings is 1. The van der Waals surface area contributed by atoms with Gasteiger partial charge in [0.15, 0.2) is 0 Å². The fraction of sp³-hybridized carbons (Fsp3) is 0.158. The Hall–Kier alpha value is -2.86. The number of anilines is 1. The molecule has 0 saturated carbocycles. The standard InChI is InChI=1S/C19H19N3O2S/c1-12-9-17(23)15(13(2)18(12)24-3)10-20-22-19-21-16(11-25-19)14-7-5-4-6-8-14/h4-11,23H,1-3H3,(H,21,22). The number of methoxy groups -OCH3 is 1. The van der Waals surface area contributed by atoms with Crippen molar-refractivity contribution < 1.29 is 9.84 Å². The van der Waals surface area contributed by atoms with Gasteiger partial charge in [0.25, 0.3) is 0 Å². The number of rotatable bonds is 5. The third-order valence-electron chi connectivity index (χ3n) is 3.86. The lowest BCUT2D eigenvalue weighted by Crippen LogP contribution is -1.98. The van der Waals surface area contributed by atoms with E-state index in [1.54, 1.807) is 19.4 Å². The molecule has 0 aliphatic carbocycles. The smallest absolute Gasteiger partial charge is 0.203 e. The van der Waals surface area contributed by atoms with E-state index in [4.69, 9.17) is 4.74 Å². The fourth-order valence-electron chi connectivity index (χ4n) is 2.65. The maximum Gasteiger partial charge on any atom is 0.203 e. The highest BCUT2D eigenvalue weighted by atomic mass is 32.1. The zero-order valence-corrected chi connectivity index (χ0v) is 15.1. The average molecular weight is 353 g/mol. The Morgan fingerprint density at radius 2 is 2.00 bits per heavy atom. The van der Waals surface area contributed by atoms with Crippen LogP contribution in [0.3, 0.4) is 0 Å². The summed E-state index contributed by atoms with van der Waals surface area (Å²) in [6.45, 7) is 3.79. The van der Waals surface area contributed by atoms with Crippen LogP contribution in [-0.2, 0) is 0 Å². The van der Waals surface area contributed by atoms with Gasteiger partial charge in [-0.05, 0) is 25.5 Å². The molecule has 0 saturated heterocycles. The summed E-state index contributed by atoms with van der Waals surface area (Å²) >= 11 is 1.47. The molecule has 0 amide bonds. The van der Waals surface area contributed by atoms with E-state index in [-0.39, 0.29) is 5.75 Å². The van der Waals surface area contributed by atoms with Crippen LogP contribution < -0.4 is 10.2 Å². The van der Waals surface area contributed by atoms with Crippen LogP contribution in [0, 0.1) is 13.8 Å². The number of phenolic OH excluding ortho intramolecular Hbond substituents is 1. The number of ether oxygens (including phenoxy) is 1. The monoisotopic (exact) mass is 353 g/mol. The normalized spacial score (nSPS) is 11.0. The van der Waals surface area contributed by atoms with E-state index in [2.05, 4.69) is 15.5 Å². The van der Waals surface area contributed by atoms with Crippen molar-refractivity contribution in [3.05, 3.63) is 58.5 Å². The van der Waals surface area contributed by atoms with Crippen molar-refractivity contribution in [1.29, 1.82) is 0 Å². The van der Waals surface area contributed by atoms with E-state index < -0.39 is 0 Å². The van der Waals surface area contributed by atoms with E-state index >= 15 is 0 Å². The highest BCUT2D eigenvalue weighted by molar-refractivity contribution is 7.14. The molecule has 2 aromatic carbocycles. The number of benzene rings is 2. The Balaban J connectivity index is 1.78. The van der Waals surface area contributed by atoms with Crippen molar-refractivity contribution in [2.24, 2.45) is 5.10 Å². The quantitative estimate of drug-likeness (QED) is 0.520. The molecule has 0 fully saturated rings. The minimum Gasteiger partial charge on any atom is -0.507 e. The Bertz CT molecular complexity index is 905. The topological polar surface area (TPSA) is 66.7 Å². The summed E-state index contributed by atoms with van der Waals surface area (Å²) in [5.74, 6) is 0.922. The number of hydrazone groups is 1. The van der Waals surface area contributed by atoms with Gasteiger partial charge in [0.05, 0.1) is 19.0 Å². The Morgan fingerprint density at radius 1 is 1.24 bits per heavy atom. The molecule has 3 rings (SSSR count). The first kappa shape index (κ1) is 17.0. The zero-order chi connectivity index (χ0) is 17.8. The van der Waals surface area contributed by atoms with Crippen LogP contribution in [0.2, 0.25) is 0 Å². The van der Waals surface area contributed by atoms with E-state index in [9.17, 15) is 5.11 Å². The van der Waals surface area contributed by atoms with Gasteiger partial charge in [0.1, 0.15) is 11.5 Å². The minimum absolute atomic E-state index is 0.172. The summed E-state index contributed by atoms with van der Waals surface area (Å²) in [7, 11) is 1.62. The molecule has 0 atom stereocenters. The first-order valence-corrected chi connectivity index (χ1v) is 8.65. The SMILES string of the molecule is COc1c(C)cc(O)c(C=NNc2nc(-c3ccccc3)cs2)c1C. The number of aryl methyl sites for hydroxylation is 1. The highest BCUT2D eigenvalue weighted by Gasteiger charge is 2.12. The predicted octanol–water partition coefficient (Wildman–Crippen LogP) is 4.59. The van der Waals surface area contributed by atoms with Crippen LogP contribution in [0.1, 0.15) is 16.7 Å². The number of hydrogen-bond acceptors (Lipinski definition) is 6. The molecule has 0 bridgehead atoms. The maximum atomic E-state index is 10.2. The van der Waals surface area contributed by atoms with Crippen molar-refractivity contribution in [2.75, 3.05) is 12.5 Å². The molecule has 0 unspecified atom stereocenters. The van der Waals surface area contributed by atoms with Crippen LogP contribution >= 0.6 is 11.3 Å². The zero-order valence-electron chi connectivity index (χ0n) is 14.3. The summed E-state index contributed by atoms with van der Waals surface area (Å²) in [4.78, 5) is 4.51. The van der Waals surface area contributed by atoms with Gasteiger partial charge in [-0.1, -0.05) is 30.3 Å². The third kappa shape index (κ3) is 3.64. The first-order valence-electron chi connectivity index (χ1n) is 7.77. The van der Waals surface area contributed by atoms with E-state index in [1.807, 2.05) is 49.6 Å².